The molecule has 0 spiro atoms. The van der Waals surface area contributed by atoms with Crippen LogP contribution in [0.15, 0.2) is 88.4 Å². The number of rotatable bonds is 9. The zero-order valence-electron chi connectivity index (χ0n) is 18.8. The van der Waals surface area contributed by atoms with E-state index in [0.29, 0.717) is 28.9 Å². The van der Waals surface area contributed by atoms with Crippen molar-refractivity contribution < 1.29 is 19.0 Å². The van der Waals surface area contributed by atoms with Crippen molar-refractivity contribution in [2.75, 3.05) is 13.7 Å². The first-order chi connectivity index (χ1) is 17.0. The van der Waals surface area contributed by atoms with Gasteiger partial charge in [-0.2, -0.15) is 5.10 Å². The molecule has 1 N–H and O–H groups in total. The molecule has 0 fully saturated rings. The molecule has 0 saturated carbocycles. The lowest BCUT2D eigenvalue weighted by atomic mass is 10.1. The average Bonchev–Trinajstić information content (AvgIpc) is 2.88. The van der Waals surface area contributed by atoms with Gasteiger partial charge < -0.3 is 14.2 Å². The molecule has 0 aromatic heterocycles. The SMILES string of the molecule is COc1cc(/C=N/NC(=O)COc2ccc3ccccc3c2Br)ccc1OCc1ccc(Cl)cc1. The summed E-state index contributed by atoms with van der Waals surface area (Å²) in [5.74, 6) is 1.36. The van der Waals surface area contributed by atoms with Crippen molar-refractivity contribution in [3.8, 4) is 17.2 Å². The third-order valence-electron chi connectivity index (χ3n) is 5.08. The van der Waals surface area contributed by atoms with Gasteiger partial charge in [-0.1, -0.05) is 54.1 Å². The molecule has 0 bridgehead atoms. The van der Waals surface area contributed by atoms with Crippen LogP contribution in [0.5, 0.6) is 17.2 Å². The quantitative estimate of drug-likeness (QED) is 0.193. The summed E-state index contributed by atoms with van der Waals surface area (Å²) >= 11 is 9.47. The van der Waals surface area contributed by atoms with Crippen molar-refractivity contribution in [3.05, 3.63) is 99.5 Å². The Labute approximate surface area is 216 Å². The average molecular weight is 554 g/mol. The molecule has 4 rings (SSSR count). The van der Waals surface area contributed by atoms with Crippen molar-refractivity contribution in [3.63, 3.8) is 0 Å². The number of halogens is 2. The Morgan fingerprint density at radius 3 is 2.54 bits per heavy atom. The van der Waals surface area contributed by atoms with E-state index in [4.69, 9.17) is 25.8 Å². The van der Waals surface area contributed by atoms with Gasteiger partial charge in [0.2, 0.25) is 0 Å². The van der Waals surface area contributed by atoms with E-state index >= 15 is 0 Å². The third-order valence-corrected chi connectivity index (χ3v) is 6.15. The first-order valence-corrected chi connectivity index (χ1v) is 11.9. The fraction of sp³-hybridized carbons (Fsp3) is 0.111. The monoisotopic (exact) mass is 552 g/mol. The number of ether oxygens (including phenoxy) is 3. The van der Waals surface area contributed by atoms with Gasteiger partial charge >= 0.3 is 0 Å². The summed E-state index contributed by atoms with van der Waals surface area (Å²) in [6.45, 7) is 0.208. The molecule has 0 saturated heterocycles. The minimum atomic E-state index is -0.379. The number of carbonyl (C=O) groups is 1. The van der Waals surface area contributed by atoms with E-state index in [2.05, 4.69) is 26.5 Å². The van der Waals surface area contributed by atoms with Crippen LogP contribution in [0.2, 0.25) is 5.02 Å². The molecule has 0 heterocycles. The van der Waals surface area contributed by atoms with E-state index < -0.39 is 0 Å². The summed E-state index contributed by atoms with van der Waals surface area (Å²) in [7, 11) is 1.56. The molecule has 6 nitrogen and oxygen atoms in total. The molecule has 0 aliphatic carbocycles. The van der Waals surface area contributed by atoms with Crippen LogP contribution < -0.4 is 19.6 Å². The van der Waals surface area contributed by atoms with Crippen LogP contribution in [-0.4, -0.2) is 25.8 Å². The largest absolute Gasteiger partial charge is 0.493 e. The van der Waals surface area contributed by atoms with Gasteiger partial charge in [0.25, 0.3) is 5.91 Å². The van der Waals surface area contributed by atoms with E-state index in [1.54, 1.807) is 19.2 Å². The zero-order valence-corrected chi connectivity index (χ0v) is 21.2. The maximum atomic E-state index is 12.2. The number of hydrogen-bond acceptors (Lipinski definition) is 5. The molecule has 0 radical (unpaired) electrons. The summed E-state index contributed by atoms with van der Waals surface area (Å²) in [6.07, 6.45) is 1.52. The highest BCUT2D eigenvalue weighted by Gasteiger charge is 2.09. The smallest absolute Gasteiger partial charge is 0.277 e. The summed E-state index contributed by atoms with van der Waals surface area (Å²) in [5.41, 5.74) is 4.19. The molecule has 0 aliphatic heterocycles. The Balaban J connectivity index is 1.31. The van der Waals surface area contributed by atoms with Crippen molar-refractivity contribution in [1.82, 2.24) is 5.43 Å². The van der Waals surface area contributed by atoms with Gasteiger partial charge in [-0.15, -0.1) is 0 Å². The summed E-state index contributed by atoms with van der Waals surface area (Å²) in [4.78, 5) is 12.2. The normalized spacial score (nSPS) is 10.9. The molecule has 0 atom stereocenters. The second kappa shape index (κ2) is 11.7. The Morgan fingerprint density at radius 1 is 0.971 bits per heavy atom. The van der Waals surface area contributed by atoms with Crippen LogP contribution in [0.4, 0.5) is 0 Å². The molecule has 1 amide bonds. The minimum Gasteiger partial charge on any atom is -0.493 e. The highest BCUT2D eigenvalue weighted by molar-refractivity contribution is 9.10. The molecule has 4 aromatic carbocycles. The van der Waals surface area contributed by atoms with Gasteiger partial charge in [-0.3, -0.25) is 4.79 Å². The summed E-state index contributed by atoms with van der Waals surface area (Å²) < 4.78 is 17.7. The van der Waals surface area contributed by atoms with E-state index in [1.807, 2.05) is 66.7 Å². The minimum absolute atomic E-state index is 0.172. The Morgan fingerprint density at radius 2 is 1.74 bits per heavy atom. The summed E-state index contributed by atoms with van der Waals surface area (Å²) in [5, 5.41) is 6.78. The van der Waals surface area contributed by atoms with E-state index in [-0.39, 0.29) is 12.5 Å². The number of benzene rings is 4. The van der Waals surface area contributed by atoms with Crippen molar-refractivity contribution >= 4 is 50.4 Å². The molecule has 8 heteroatoms. The van der Waals surface area contributed by atoms with E-state index in [9.17, 15) is 4.79 Å². The molecular weight excluding hydrogens is 532 g/mol. The first kappa shape index (κ1) is 24.6. The number of nitrogens with one attached hydrogen (secondary N) is 1. The maximum absolute atomic E-state index is 12.2. The highest BCUT2D eigenvalue weighted by Crippen LogP contribution is 2.33. The number of fused-ring (bicyclic) bond motifs is 1. The van der Waals surface area contributed by atoms with Gasteiger partial charge in [0.1, 0.15) is 12.4 Å². The number of hydrazone groups is 1. The molecular formula is C27H22BrClN2O4. The van der Waals surface area contributed by atoms with Gasteiger partial charge in [0.15, 0.2) is 18.1 Å². The Kier molecular flexibility index (Phi) is 8.23. The van der Waals surface area contributed by atoms with Crippen LogP contribution in [0.3, 0.4) is 0 Å². The highest BCUT2D eigenvalue weighted by atomic mass is 79.9. The number of carbonyl (C=O) groups excluding carboxylic acids is 1. The topological polar surface area (TPSA) is 69.2 Å². The van der Waals surface area contributed by atoms with E-state index in [1.165, 1.54) is 6.21 Å². The van der Waals surface area contributed by atoms with Gasteiger partial charge in [0, 0.05) is 5.02 Å². The molecule has 35 heavy (non-hydrogen) atoms. The standard InChI is InChI=1S/C27H22BrClN2O4/c1-33-25-14-19(8-12-23(25)34-16-18-6-10-21(29)11-7-18)15-30-31-26(32)17-35-24-13-9-20-4-2-3-5-22(20)27(24)28/h2-15H,16-17H2,1H3,(H,31,32)/b30-15+. The predicted molar refractivity (Wildman–Crippen MR) is 142 cm³/mol. The number of hydrogen-bond donors (Lipinski definition) is 1. The van der Waals surface area contributed by atoms with E-state index in [0.717, 1.165) is 26.4 Å². The molecule has 0 unspecified atom stereocenters. The van der Waals surface area contributed by atoms with Crippen molar-refractivity contribution in [2.45, 2.75) is 6.61 Å². The van der Waals surface area contributed by atoms with Crippen LogP contribution in [-0.2, 0) is 11.4 Å². The number of nitrogens with zero attached hydrogens (tertiary/aromatic N) is 1. The summed E-state index contributed by atoms with van der Waals surface area (Å²) in [6, 6.07) is 24.5. The fourth-order valence-electron chi connectivity index (χ4n) is 3.30. The Hall–Kier alpha value is -3.55. The fourth-order valence-corrected chi connectivity index (χ4v) is 4.04. The lowest BCUT2D eigenvalue weighted by Gasteiger charge is -2.11. The molecule has 0 aliphatic rings. The van der Waals surface area contributed by atoms with Gasteiger partial charge in [-0.05, 0) is 74.2 Å². The molecule has 178 valence electrons. The van der Waals surface area contributed by atoms with Crippen molar-refractivity contribution in [1.29, 1.82) is 0 Å². The second-order valence-corrected chi connectivity index (χ2v) is 8.74. The second-order valence-electron chi connectivity index (χ2n) is 7.51. The van der Waals surface area contributed by atoms with Crippen LogP contribution in [0.25, 0.3) is 10.8 Å². The van der Waals surface area contributed by atoms with Crippen LogP contribution in [0.1, 0.15) is 11.1 Å². The third kappa shape index (κ3) is 6.53. The zero-order chi connectivity index (χ0) is 24.6. The maximum Gasteiger partial charge on any atom is 0.277 e. The lowest BCUT2D eigenvalue weighted by molar-refractivity contribution is -0.123. The number of methoxy groups -OCH3 is 1. The van der Waals surface area contributed by atoms with Crippen LogP contribution >= 0.6 is 27.5 Å². The van der Waals surface area contributed by atoms with Crippen LogP contribution in [0, 0.1) is 0 Å². The number of amides is 1. The predicted octanol–water partition coefficient (Wildman–Crippen LogP) is 6.37. The molecule has 4 aromatic rings. The van der Waals surface area contributed by atoms with Crippen molar-refractivity contribution in [2.24, 2.45) is 5.10 Å². The Bertz CT molecular complexity index is 1360. The van der Waals surface area contributed by atoms with Gasteiger partial charge in [0.05, 0.1) is 17.8 Å². The van der Waals surface area contributed by atoms with Gasteiger partial charge in [-0.25, -0.2) is 5.43 Å². The first-order valence-electron chi connectivity index (χ1n) is 10.7. The lowest BCUT2D eigenvalue weighted by Crippen LogP contribution is -2.24.